The molecule has 5 nitrogen and oxygen atoms in total. The number of aliphatic carboxylic acids is 2. The molecule has 0 saturated heterocycles. The predicted octanol–water partition coefficient (Wildman–Crippen LogP) is 0.439. The summed E-state index contributed by atoms with van der Waals surface area (Å²) in [7, 11) is 0. The Hall–Kier alpha value is -1.00. The normalized spacial score (nSPS) is 9.88. The van der Waals surface area contributed by atoms with E-state index in [1.165, 1.54) is 0 Å². The Kier molecular flexibility index (Phi) is 12.4. The molecule has 0 aromatic rings. The summed E-state index contributed by atoms with van der Waals surface area (Å²) >= 11 is 0. The van der Waals surface area contributed by atoms with Crippen LogP contribution in [0.25, 0.3) is 0 Å². The first-order valence-electron chi connectivity index (χ1n) is 2.49. The average molecular weight is 310 g/mol. The fraction of sp³-hybridized carbons (Fsp3) is 0.500. The van der Waals surface area contributed by atoms with Gasteiger partial charge in [-0.2, -0.15) is 26.3 Å². The van der Waals surface area contributed by atoms with Crippen molar-refractivity contribution >= 4 is 11.9 Å². The summed E-state index contributed by atoms with van der Waals surface area (Å²) in [5.74, 6) is -5.51. The first-order chi connectivity index (χ1) is 5.89. The van der Waals surface area contributed by atoms with Crippen molar-refractivity contribution in [2.24, 2.45) is 0 Å². The molecule has 0 aliphatic rings. The van der Waals surface area contributed by atoms with Crippen LogP contribution in [0.2, 0.25) is 0 Å². The molecule has 16 heavy (non-hydrogen) atoms. The number of halogens is 6. The molecule has 0 aromatic carbocycles. The Morgan fingerprint density at radius 2 is 0.812 bits per heavy atom. The van der Waals surface area contributed by atoms with Crippen LogP contribution in [0.15, 0.2) is 0 Å². The molecule has 0 aliphatic carbocycles. The van der Waals surface area contributed by atoms with Crippen molar-refractivity contribution in [3.63, 3.8) is 0 Å². The van der Waals surface area contributed by atoms with Crippen molar-refractivity contribution < 1.29 is 68.7 Å². The van der Waals surface area contributed by atoms with Crippen LogP contribution in [0.1, 0.15) is 0 Å². The van der Waals surface area contributed by atoms with Gasteiger partial charge in [0, 0.05) is 17.1 Å². The minimum atomic E-state index is -5.08. The second-order valence-corrected chi connectivity index (χ2v) is 1.61. The van der Waals surface area contributed by atoms with Crippen LogP contribution in [0.3, 0.4) is 0 Å². The summed E-state index contributed by atoms with van der Waals surface area (Å²) in [6, 6.07) is 0. The maximum absolute atomic E-state index is 10.6. The van der Waals surface area contributed by atoms with Crippen LogP contribution in [-0.2, 0) is 26.7 Å². The minimum Gasteiger partial charge on any atom is -0.475 e. The molecule has 0 saturated carbocycles. The van der Waals surface area contributed by atoms with E-state index in [2.05, 4.69) is 0 Å². The van der Waals surface area contributed by atoms with Crippen LogP contribution in [-0.4, -0.2) is 40.0 Å². The first-order valence-corrected chi connectivity index (χ1v) is 2.49. The summed E-state index contributed by atoms with van der Waals surface area (Å²) in [6.45, 7) is 0. The van der Waals surface area contributed by atoms with Gasteiger partial charge in [0.15, 0.2) is 0 Å². The molecule has 0 aromatic heterocycles. The van der Waals surface area contributed by atoms with Gasteiger partial charge in [-0.3, -0.25) is 0 Å². The molecule has 1 radical (unpaired) electrons. The fourth-order valence-corrected chi connectivity index (χ4v) is 0. The zero-order chi connectivity index (χ0) is 12.2. The fourth-order valence-electron chi connectivity index (χ4n) is 0. The van der Waals surface area contributed by atoms with Gasteiger partial charge in [0.2, 0.25) is 0 Å². The first kappa shape index (κ1) is 24.3. The Bertz CT molecular complexity index is 198. The molecule has 0 fully saturated rings. The summed E-state index contributed by atoms with van der Waals surface area (Å²) in [4.78, 5) is 17.8. The molecule has 12 heteroatoms. The van der Waals surface area contributed by atoms with Gasteiger partial charge in [-0.1, -0.05) is 0 Å². The van der Waals surface area contributed by atoms with Crippen molar-refractivity contribution in [3.8, 4) is 0 Å². The number of hydrogen-bond acceptors (Lipinski definition) is 2. The van der Waals surface area contributed by atoms with Crippen molar-refractivity contribution in [1.82, 2.24) is 0 Å². The largest absolute Gasteiger partial charge is 0.490 e. The van der Waals surface area contributed by atoms with Crippen molar-refractivity contribution in [2.75, 3.05) is 0 Å². The molecule has 0 unspecified atom stereocenters. The topological polar surface area (TPSA) is 106 Å². The van der Waals surface area contributed by atoms with E-state index in [1.807, 2.05) is 0 Å². The summed E-state index contributed by atoms with van der Waals surface area (Å²) in [5, 5.41) is 14.2. The van der Waals surface area contributed by atoms with Crippen LogP contribution < -0.4 is 0 Å². The Labute approximate surface area is 93.8 Å². The van der Waals surface area contributed by atoms with E-state index in [1.54, 1.807) is 0 Å². The molecular weight excluding hydrogens is 306 g/mol. The third kappa shape index (κ3) is 15.5. The van der Waals surface area contributed by atoms with E-state index >= 15 is 0 Å². The van der Waals surface area contributed by atoms with Gasteiger partial charge in [-0.25, -0.2) is 9.59 Å². The van der Waals surface area contributed by atoms with Gasteiger partial charge in [0.05, 0.1) is 0 Å². The van der Waals surface area contributed by atoms with Gasteiger partial charge in [0.25, 0.3) is 0 Å². The second kappa shape index (κ2) is 8.19. The van der Waals surface area contributed by atoms with E-state index in [0.717, 1.165) is 0 Å². The van der Waals surface area contributed by atoms with Gasteiger partial charge < -0.3 is 15.7 Å². The molecule has 4 N–H and O–H groups in total. The smallest absolute Gasteiger partial charge is 0.475 e. The van der Waals surface area contributed by atoms with Gasteiger partial charge in [-0.15, -0.1) is 0 Å². The number of alkyl halides is 6. The monoisotopic (exact) mass is 309 g/mol. The van der Waals surface area contributed by atoms with E-state index in [0.29, 0.717) is 0 Å². The number of rotatable bonds is 0. The maximum Gasteiger partial charge on any atom is 0.490 e. The second-order valence-electron chi connectivity index (χ2n) is 1.61. The zero-order valence-corrected chi connectivity index (χ0v) is 7.72. The molecular formula is C4H4CuF6O5. The Balaban J connectivity index is -0.0000000800. The SMILES string of the molecule is O.O=C(O)C(F)(F)F.O=C(O)C(F)(F)F.[Cu]. The van der Waals surface area contributed by atoms with Gasteiger partial charge in [-0.05, 0) is 0 Å². The standard InChI is InChI=1S/2C2HF3O2.Cu.H2O/c2*3-2(4,5)1(6)7;;/h2*(H,6,7);;1H2. The van der Waals surface area contributed by atoms with Gasteiger partial charge in [0.1, 0.15) is 0 Å². The molecule has 0 bridgehead atoms. The number of hydrogen-bond donors (Lipinski definition) is 2. The zero-order valence-electron chi connectivity index (χ0n) is 6.78. The Morgan fingerprint density at radius 1 is 0.750 bits per heavy atom. The number of carboxylic acids is 2. The van der Waals surface area contributed by atoms with Crippen molar-refractivity contribution in [1.29, 1.82) is 0 Å². The van der Waals surface area contributed by atoms with Crippen LogP contribution >= 0.6 is 0 Å². The van der Waals surface area contributed by atoms with E-state index in [-0.39, 0.29) is 22.5 Å². The summed E-state index contributed by atoms with van der Waals surface area (Å²) in [5.41, 5.74) is 0. The molecule has 0 rings (SSSR count). The maximum atomic E-state index is 10.6. The van der Waals surface area contributed by atoms with Crippen molar-refractivity contribution in [3.05, 3.63) is 0 Å². The molecule has 103 valence electrons. The molecule has 0 amide bonds. The van der Waals surface area contributed by atoms with Crippen LogP contribution in [0, 0.1) is 0 Å². The van der Waals surface area contributed by atoms with Gasteiger partial charge >= 0.3 is 24.3 Å². The van der Waals surface area contributed by atoms with Crippen molar-refractivity contribution in [2.45, 2.75) is 12.4 Å². The average Bonchev–Trinajstić information content (AvgIpc) is 1.83. The summed E-state index contributed by atoms with van der Waals surface area (Å²) in [6.07, 6.45) is -10.2. The predicted molar refractivity (Wildman–Crippen MR) is 31.0 cm³/mol. The van der Waals surface area contributed by atoms with Crippen LogP contribution in [0.5, 0.6) is 0 Å². The van der Waals surface area contributed by atoms with E-state index < -0.39 is 24.3 Å². The van der Waals surface area contributed by atoms with E-state index in [9.17, 15) is 26.3 Å². The molecule has 0 spiro atoms. The quantitative estimate of drug-likeness (QED) is 0.500. The molecule has 0 aliphatic heterocycles. The minimum absolute atomic E-state index is 0. The summed E-state index contributed by atoms with van der Waals surface area (Å²) < 4.78 is 63.5. The Morgan fingerprint density at radius 3 is 0.812 bits per heavy atom. The number of carbonyl (C=O) groups is 2. The van der Waals surface area contributed by atoms with Crippen LogP contribution in [0.4, 0.5) is 26.3 Å². The molecule has 0 atom stereocenters. The third-order valence-electron chi connectivity index (χ3n) is 0.485. The third-order valence-corrected chi connectivity index (χ3v) is 0.485. The van der Waals surface area contributed by atoms with E-state index in [4.69, 9.17) is 19.8 Å². The molecule has 0 heterocycles. The number of carboxylic acid groups (broad SMARTS) is 2.